The van der Waals surface area contributed by atoms with Gasteiger partial charge in [0.1, 0.15) is 0 Å². The summed E-state index contributed by atoms with van der Waals surface area (Å²) >= 11 is 0. The average molecular weight is 307 g/mol. The molecule has 1 heterocycles. The maximum Gasteiger partial charge on any atom is 0.259 e. The second-order valence-electron chi connectivity index (χ2n) is 5.46. The molecule has 1 N–H and O–H groups in total. The summed E-state index contributed by atoms with van der Waals surface area (Å²) in [6.07, 6.45) is 0. The number of rotatable bonds is 4. The van der Waals surface area contributed by atoms with Crippen molar-refractivity contribution in [3.63, 3.8) is 0 Å². The van der Waals surface area contributed by atoms with Gasteiger partial charge < -0.3 is 9.84 Å². The Hall–Kier alpha value is -2.95. The molecule has 0 radical (unpaired) electrons. The van der Waals surface area contributed by atoms with Crippen LogP contribution in [0.1, 0.15) is 24.2 Å². The Morgan fingerprint density at radius 3 is 2.48 bits per heavy atom. The van der Waals surface area contributed by atoms with Crippen molar-refractivity contribution in [2.24, 2.45) is 0 Å². The molecular formula is C18H17N3O2. The zero-order valence-corrected chi connectivity index (χ0v) is 13.0. The largest absolute Gasteiger partial charge is 0.350 e. The van der Waals surface area contributed by atoms with Gasteiger partial charge in [-0.1, -0.05) is 47.6 Å². The molecule has 23 heavy (non-hydrogen) atoms. The van der Waals surface area contributed by atoms with Crippen LogP contribution in [-0.4, -0.2) is 22.1 Å². The van der Waals surface area contributed by atoms with Crippen LogP contribution in [0.3, 0.4) is 0 Å². The number of carbonyl (C=O) groups excluding carboxylic acids is 1. The normalized spacial score (nSPS) is 10.7. The lowest BCUT2D eigenvalue weighted by Gasteiger charge is -2.10. The van der Waals surface area contributed by atoms with Crippen LogP contribution in [0.25, 0.3) is 22.8 Å². The molecule has 5 heteroatoms. The second kappa shape index (κ2) is 6.44. The van der Waals surface area contributed by atoms with Crippen LogP contribution in [0.4, 0.5) is 0 Å². The Kier molecular flexibility index (Phi) is 4.19. The molecule has 0 aliphatic heterocycles. The topological polar surface area (TPSA) is 68.0 Å². The van der Waals surface area contributed by atoms with Gasteiger partial charge in [0.15, 0.2) is 0 Å². The smallest absolute Gasteiger partial charge is 0.259 e. The van der Waals surface area contributed by atoms with Gasteiger partial charge in [-0.15, -0.1) is 0 Å². The first-order valence-corrected chi connectivity index (χ1v) is 7.44. The molecule has 0 atom stereocenters. The highest BCUT2D eigenvalue weighted by molar-refractivity contribution is 6.00. The van der Waals surface area contributed by atoms with E-state index in [-0.39, 0.29) is 11.9 Å². The lowest BCUT2D eigenvalue weighted by molar-refractivity contribution is 0.0943. The third-order valence-electron chi connectivity index (χ3n) is 3.28. The fourth-order valence-corrected chi connectivity index (χ4v) is 2.24. The van der Waals surface area contributed by atoms with Gasteiger partial charge in [0.05, 0.1) is 11.1 Å². The van der Waals surface area contributed by atoms with Crippen molar-refractivity contribution in [2.75, 3.05) is 0 Å². The van der Waals surface area contributed by atoms with Crippen molar-refractivity contribution in [3.05, 3.63) is 60.2 Å². The third-order valence-corrected chi connectivity index (χ3v) is 3.28. The minimum atomic E-state index is -0.157. The minimum Gasteiger partial charge on any atom is -0.350 e. The zero-order chi connectivity index (χ0) is 16.2. The number of carbonyl (C=O) groups is 1. The molecule has 0 unspecified atom stereocenters. The lowest BCUT2D eigenvalue weighted by Crippen LogP contribution is -2.30. The Morgan fingerprint density at radius 2 is 1.74 bits per heavy atom. The van der Waals surface area contributed by atoms with Crippen LogP contribution in [0, 0.1) is 0 Å². The maximum atomic E-state index is 12.3. The Bertz CT molecular complexity index is 810. The van der Waals surface area contributed by atoms with Gasteiger partial charge in [0, 0.05) is 11.6 Å². The van der Waals surface area contributed by atoms with E-state index in [1.807, 2.05) is 56.3 Å². The Balaban J connectivity index is 1.97. The van der Waals surface area contributed by atoms with Gasteiger partial charge in [-0.05, 0) is 26.0 Å². The van der Waals surface area contributed by atoms with Crippen molar-refractivity contribution in [1.29, 1.82) is 0 Å². The SMILES string of the molecule is CC(C)NC(=O)c1ccccc1-c1nc(-c2ccccc2)no1. The van der Waals surface area contributed by atoms with E-state index in [0.717, 1.165) is 5.56 Å². The Labute approximate surface area is 134 Å². The number of hydrogen-bond donors (Lipinski definition) is 1. The Morgan fingerprint density at radius 1 is 1.04 bits per heavy atom. The second-order valence-corrected chi connectivity index (χ2v) is 5.46. The highest BCUT2D eigenvalue weighted by Crippen LogP contribution is 2.25. The molecule has 0 fully saturated rings. The summed E-state index contributed by atoms with van der Waals surface area (Å²) in [5, 5.41) is 6.89. The lowest BCUT2D eigenvalue weighted by atomic mass is 10.1. The highest BCUT2D eigenvalue weighted by atomic mass is 16.5. The summed E-state index contributed by atoms with van der Waals surface area (Å²) in [4.78, 5) is 16.7. The fraction of sp³-hybridized carbons (Fsp3) is 0.167. The molecule has 0 bridgehead atoms. The van der Waals surface area contributed by atoms with E-state index in [4.69, 9.17) is 4.52 Å². The van der Waals surface area contributed by atoms with Crippen molar-refractivity contribution in [3.8, 4) is 22.8 Å². The fourth-order valence-electron chi connectivity index (χ4n) is 2.24. The van der Waals surface area contributed by atoms with Crippen LogP contribution < -0.4 is 5.32 Å². The molecule has 0 spiro atoms. The van der Waals surface area contributed by atoms with E-state index in [1.165, 1.54) is 0 Å². The van der Waals surface area contributed by atoms with Crippen LogP contribution in [0.15, 0.2) is 59.1 Å². The average Bonchev–Trinajstić information content (AvgIpc) is 3.05. The molecular weight excluding hydrogens is 290 g/mol. The standard InChI is InChI=1S/C18H17N3O2/c1-12(2)19-17(22)14-10-6-7-11-15(14)18-20-16(21-23-18)13-8-4-3-5-9-13/h3-12H,1-2H3,(H,19,22). The summed E-state index contributed by atoms with van der Waals surface area (Å²) in [7, 11) is 0. The summed E-state index contributed by atoms with van der Waals surface area (Å²) < 4.78 is 5.36. The molecule has 0 aliphatic carbocycles. The van der Waals surface area contributed by atoms with Crippen LogP contribution in [0.2, 0.25) is 0 Å². The van der Waals surface area contributed by atoms with Crippen LogP contribution in [0.5, 0.6) is 0 Å². The maximum absolute atomic E-state index is 12.3. The minimum absolute atomic E-state index is 0.0538. The van der Waals surface area contributed by atoms with E-state index in [2.05, 4.69) is 15.5 Å². The molecule has 3 aromatic rings. The summed E-state index contributed by atoms with van der Waals surface area (Å²) in [6, 6.07) is 16.8. The predicted octanol–water partition coefficient (Wildman–Crippen LogP) is 3.54. The summed E-state index contributed by atoms with van der Waals surface area (Å²) in [5.41, 5.74) is 2.01. The zero-order valence-electron chi connectivity index (χ0n) is 13.0. The number of aromatic nitrogens is 2. The first-order valence-electron chi connectivity index (χ1n) is 7.44. The third kappa shape index (κ3) is 3.29. The quantitative estimate of drug-likeness (QED) is 0.800. The molecule has 2 aromatic carbocycles. The van der Waals surface area contributed by atoms with E-state index in [0.29, 0.717) is 22.8 Å². The monoisotopic (exact) mass is 307 g/mol. The summed E-state index contributed by atoms with van der Waals surface area (Å²) in [6.45, 7) is 3.83. The van der Waals surface area contributed by atoms with Gasteiger partial charge >= 0.3 is 0 Å². The van der Waals surface area contributed by atoms with E-state index in [9.17, 15) is 4.79 Å². The molecule has 0 saturated heterocycles. The molecule has 1 aromatic heterocycles. The molecule has 0 saturated carbocycles. The molecule has 1 amide bonds. The van der Waals surface area contributed by atoms with E-state index < -0.39 is 0 Å². The number of amides is 1. The number of nitrogens with one attached hydrogen (secondary N) is 1. The van der Waals surface area contributed by atoms with Crippen LogP contribution >= 0.6 is 0 Å². The molecule has 116 valence electrons. The van der Waals surface area contributed by atoms with Gasteiger partial charge in [-0.3, -0.25) is 4.79 Å². The highest BCUT2D eigenvalue weighted by Gasteiger charge is 2.18. The first-order chi connectivity index (χ1) is 11.1. The van der Waals surface area contributed by atoms with Gasteiger partial charge in [-0.2, -0.15) is 4.98 Å². The number of hydrogen-bond acceptors (Lipinski definition) is 4. The van der Waals surface area contributed by atoms with Crippen LogP contribution in [-0.2, 0) is 0 Å². The van der Waals surface area contributed by atoms with Crippen molar-refractivity contribution in [1.82, 2.24) is 15.5 Å². The molecule has 0 aliphatic rings. The van der Waals surface area contributed by atoms with Gasteiger partial charge in [0.25, 0.3) is 11.8 Å². The van der Waals surface area contributed by atoms with Crippen molar-refractivity contribution in [2.45, 2.75) is 19.9 Å². The predicted molar refractivity (Wildman–Crippen MR) is 87.8 cm³/mol. The van der Waals surface area contributed by atoms with Crippen molar-refractivity contribution >= 4 is 5.91 Å². The van der Waals surface area contributed by atoms with E-state index >= 15 is 0 Å². The van der Waals surface area contributed by atoms with Gasteiger partial charge in [0.2, 0.25) is 5.82 Å². The molecule has 3 rings (SSSR count). The number of benzene rings is 2. The van der Waals surface area contributed by atoms with E-state index in [1.54, 1.807) is 12.1 Å². The first kappa shape index (κ1) is 15.0. The molecule has 5 nitrogen and oxygen atoms in total. The number of nitrogens with zero attached hydrogens (tertiary/aromatic N) is 2. The van der Waals surface area contributed by atoms with Crippen molar-refractivity contribution < 1.29 is 9.32 Å². The van der Waals surface area contributed by atoms with Gasteiger partial charge in [-0.25, -0.2) is 0 Å². The summed E-state index contributed by atoms with van der Waals surface area (Å²) in [5.74, 6) is 0.674.